The second-order valence-electron chi connectivity index (χ2n) is 8.13. The van der Waals surface area contributed by atoms with Crippen LogP contribution in [0.4, 0.5) is 5.82 Å². The van der Waals surface area contributed by atoms with E-state index in [1.165, 1.54) is 30.9 Å². The van der Waals surface area contributed by atoms with Crippen molar-refractivity contribution in [1.29, 1.82) is 0 Å². The highest BCUT2D eigenvalue weighted by molar-refractivity contribution is 5.96. The summed E-state index contributed by atoms with van der Waals surface area (Å²) in [6.45, 7) is 3.68. The molecule has 3 atom stereocenters. The number of esters is 4. The summed E-state index contributed by atoms with van der Waals surface area (Å²) < 4.78 is 27.6. The number of nitrogen functional groups attached to an aromatic ring is 1. The summed E-state index contributed by atoms with van der Waals surface area (Å²) in [7, 11) is 0. The number of imidazole rings is 1. The average molecular weight is 531 g/mol. The van der Waals surface area contributed by atoms with Crippen LogP contribution in [0.3, 0.4) is 0 Å². The van der Waals surface area contributed by atoms with E-state index >= 15 is 0 Å². The topological polar surface area (TPSA) is 213 Å². The van der Waals surface area contributed by atoms with E-state index in [-0.39, 0.29) is 60.4 Å². The molecule has 1 fully saturated rings. The molecule has 4 heterocycles. The fourth-order valence-electron chi connectivity index (χ4n) is 3.79. The lowest BCUT2D eigenvalue weighted by atomic mass is 10.1. The summed E-state index contributed by atoms with van der Waals surface area (Å²) in [6, 6.07) is 0. The molecule has 3 aromatic heterocycles. The third-order valence-corrected chi connectivity index (χ3v) is 5.39. The molecule has 0 amide bonds. The van der Waals surface area contributed by atoms with Crippen molar-refractivity contribution in [2.24, 2.45) is 0 Å². The zero-order valence-corrected chi connectivity index (χ0v) is 20.7. The Labute approximate surface area is 214 Å². The molecule has 38 heavy (non-hydrogen) atoms. The van der Waals surface area contributed by atoms with E-state index in [2.05, 4.69) is 25.1 Å². The monoisotopic (exact) mass is 531 g/mol. The summed E-state index contributed by atoms with van der Waals surface area (Å²) >= 11 is 0. The van der Waals surface area contributed by atoms with Gasteiger partial charge in [0.25, 0.3) is 0 Å². The molecule has 0 aromatic carbocycles. The zero-order chi connectivity index (χ0) is 27.4. The number of carbonyl (C=O) groups excluding carboxylic acids is 4. The number of nitrogens with two attached hydrogens (primary N) is 1. The van der Waals surface area contributed by atoms with Gasteiger partial charge in [0.05, 0.1) is 25.7 Å². The van der Waals surface area contributed by atoms with Crippen molar-refractivity contribution in [2.45, 2.75) is 45.6 Å². The number of nitrogens with one attached hydrogen (secondary N) is 1. The third-order valence-electron chi connectivity index (χ3n) is 5.39. The first-order valence-corrected chi connectivity index (χ1v) is 11.5. The van der Waals surface area contributed by atoms with Crippen LogP contribution in [0.15, 0.2) is 12.5 Å². The zero-order valence-electron chi connectivity index (χ0n) is 20.7. The van der Waals surface area contributed by atoms with Crippen LogP contribution in [0.25, 0.3) is 22.7 Å². The Morgan fingerprint density at radius 3 is 2.66 bits per heavy atom. The van der Waals surface area contributed by atoms with E-state index in [1.807, 2.05) is 0 Å². The van der Waals surface area contributed by atoms with Gasteiger partial charge >= 0.3 is 23.9 Å². The number of rotatable bonds is 9. The lowest BCUT2D eigenvalue weighted by molar-refractivity contribution is -0.166. The maximum Gasteiger partial charge on any atom is 0.342 e. The largest absolute Gasteiger partial charge is 0.463 e. The molecule has 1 aliphatic rings. The first-order valence-electron chi connectivity index (χ1n) is 11.5. The molecule has 4 rings (SSSR count). The van der Waals surface area contributed by atoms with Crippen LogP contribution in [0.1, 0.15) is 31.1 Å². The van der Waals surface area contributed by atoms with Gasteiger partial charge in [0.1, 0.15) is 36.0 Å². The highest BCUT2D eigenvalue weighted by Gasteiger charge is 2.43. The minimum atomic E-state index is -0.971. The molecule has 202 valence electrons. The van der Waals surface area contributed by atoms with Gasteiger partial charge in [-0.3, -0.25) is 19.5 Å². The fraction of sp³-hybridized carbons (Fsp3) is 0.455. The number of carbonyl (C=O) groups is 4. The molecule has 3 N–H and O–H groups in total. The summed E-state index contributed by atoms with van der Waals surface area (Å²) in [4.78, 5) is 60.6. The quantitative estimate of drug-likeness (QED) is 0.270. The lowest BCUT2D eigenvalue weighted by Crippen LogP contribution is -2.40. The van der Waals surface area contributed by atoms with E-state index in [4.69, 9.17) is 29.4 Å². The molecule has 0 radical (unpaired) electrons. The minimum absolute atomic E-state index is 0.00829. The van der Waals surface area contributed by atoms with E-state index in [1.54, 1.807) is 6.92 Å². The van der Waals surface area contributed by atoms with Gasteiger partial charge < -0.3 is 34.0 Å². The molecule has 0 saturated carbocycles. The number of hydrogen-bond acceptors (Lipinski definition) is 14. The maximum atomic E-state index is 12.8. The normalized spacial score (nSPS) is 18.8. The number of hydrogen-bond donors (Lipinski definition) is 2. The summed E-state index contributed by atoms with van der Waals surface area (Å²) in [5, 5.41) is 6.52. The Morgan fingerprint density at radius 2 is 1.95 bits per heavy atom. The summed E-state index contributed by atoms with van der Waals surface area (Å²) in [5.74, 6) is -2.44. The third kappa shape index (κ3) is 5.69. The van der Waals surface area contributed by atoms with Gasteiger partial charge in [-0.25, -0.2) is 19.7 Å². The van der Waals surface area contributed by atoms with Gasteiger partial charge in [-0.05, 0) is 6.92 Å². The van der Waals surface area contributed by atoms with Crippen molar-refractivity contribution in [2.75, 3.05) is 25.6 Å². The molecule has 1 saturated heterocycles. The number of aromatic amines is 1. The Kier molecular flexibility index (Phi) is 7.80. The first-order chi connectivity index (χ1) is 18.2. The predicted molar refractivity (Wildman–Crippen MR) is 125 cm³/mol. The molecule has 0 spiro atoms. The van der Waals surface area contributed by atoms with Crippen LogP contribution in [-0.2, 0) is 44.6 Å². The summed E-state index contributed by atoms with van der Waals surface area (Å²) in [5.41, 5.74) is 6.77. The Bertz CT molecular complexity index is 1370. The molecule has 0 aliphatic carbocycles. The second-order valence-corrected chi connectivity index (χ2v) is 8.13. The van der Waals surface area contributed by atoms with Crippen LogP contribution in [0, 0.1) is 0 Å². The van der Waals surface area contributed by atoms with Crippen molar-refractivity contribution in [3.8, 4) is 11.5 Å². The van der Waals surface area contributed by atoms with Gasteiger partial charge in [0.2, 0.25) is 0 Å². The van der Waals surface area contributed by atoms with E-state index in [0.717, 1.165) is 0 Å². The highest BCUT2D eigenvalue weighted by Crippen LogP contribution is 2.25. The highest BCUT2D eigenvalue weighted by atomic mass is 16.6. The molecule has 16 heteroatoms. The van der Waals surface area contributed by atoms with Crippen molar-refractivity contribution < 1.29 is 42.9 Å². The van der Waals surface area contributed by atoms with Gasteiger partial charge in [-0.2, -0.15) is 5.10 Å². The number of ether oxygens (including phenoxy) is 5. The van der Waals surface area contributed by atoms with Crippen LogP contribution in [-0.4, -0.2) is 91.7 Å². The van der Waals surface area contributed by atoms with E-state index in [0.29, 0.717) is 0 Å². The number of aromatic nitrogens is 6. The molecule has 1 aliphatic heterocycles. The molecular weight excluding hydrogens is 506 g/mol. The molecule has 16 nitrogen and oxygen atoms in total. The van der Waals surface area contributed by atoms with Crippen molar-refractivity contribution in [3.63, 3.8) is 0 Å². The van der Waals surface area contributed by atoms with Gasteiger partial charge in [0, 0.05) is 13.8 Å². The standard InChI is InChI=1S/C22H25N7O9/c1-4-34-22(33)12-5-25-28-16(12)20-26-19(23)17-21(27-20)29(9-24-17)6-15(32)38-14-8-36-13(7-35-10(2)30)18(14)37-11(3)31/h5,9,13-14,18H,4,6-8H2,1-3H3,(H,25,28)(H2,23,26,27)/t13-,14-,18-/m1/s1. The molecule has 0 unspecified atom stereocenters. The van der Waals surface area contributed by atoms with Gasteiger partial charge in [-0.1, -0.05) is 0 Å². The second kappa shape index (κ2) is 11.2. The molecule has 3 aromatic rings. The van der Waals surface area contributed by atoms with Crippen molar-refractivity contribution in [3.05, 3.63) is 18.1 Å². The molecular formula is C22H25N7O9. The maximum absolute atomic E-state index is 12.8. The van der Waals surface area contributed by atoms with Crippen molar-refractivity contribution >= 4 is 40.9 Å². The van der Waals surface area contributed by atoms with Crippen LogP contribution in [0.5, 0.6) is 0 Å². The Morgan fingerprint density at radius 1 is 1.16 bits per heavy atom. The smallest absolute Gasteiger partial charge is 0.342 e. The van der Waals surface area contributed by atoms with Gasteiger partial charge in [-0.15, -0.1) is 0 Å². The van der Waals surface area contributed by atoms with E-state index < -0.39 is 42.2 Å². The van der Waals surface area contributed by atoms with Crippen LogP contribution in [0.2, 0.25) is 0 Å². The summed E-state index contributed by atoms with van der Waals surface area (Å²) in [6.07, 6.45) is -0.0922. The first kappa shape index (κ1) is 26.5. The Hall–Kier alpha value is -4.60. The lowest BCUT2D eigenvalue weighted by Gasteiger charge is -2.22. The van der Waals surface area contributed by atoms with Gasteiger partial charge in [0.15, 0.2) is 29.5 Å². The number of nitrogens with zero attached hydrogens (tertiary/aromatic N) is 5. The average Bonchev–Trinajstić information content (AvgIpc) is 3.58. The van der Waals surface area contributed by atoms with Crippen LogP contribution >= 0.6 is 0 Å². The van der Waals surface area contributed by atoms with E-state index in [9.17, 15) is 19.2 Å². The SMILES string of the molecule is CCOC(=O)c1cn[nH]c1-c1nc(N)c2ncn(CC(=O)O[C@@H]3CO[C@H](COC(C)=O)[C@H]3OC(C)=O)c2n1. The number of anilines is 1. The van der Waals surface area contributed by atoms with Crippen molar-refractivity contribution in [1.82, 2.24) is 29.7 Å². The Balaban J connectivity index is 1.53. The number of fused-ring (bicyclic) bond motifs is 1. The fourth-order valence-corrected chi connectivity index (χ4v) is 3.79. The predicted octanol–water partition coefficient (Wildman–Crippen LogP) is -0.219. The minimum Gasteiger partial charge on any atom is -0.463 e. The number of H-pyrrole nitrogens is 1. The van der Waals surface area contributed by atoms with Crippen LogP contribution < -0.4 is 5.73 Å². The molecule has 0 bridgehead atoms.